The van der Waals surface area contributed by atoms with Crippen LogP contribution in [0.2, 0.25) is 0 Å². The van der Waals surface area contributed by atoms with Crippen LogP contribution in [0.1, 0.15) is 24.8 Å². The fourth-order valence-electron chi connectivity index (χ4n) is 3.34. The number of hydrogen-bond acceptors (Lipinski definition) is 6. The number of methoxy groups -OCH3 is 2. The van der Waals surface area contributed by atoms with Gasteiger partial charge in [-0.2, -0.15) is 0 Å². The minimum Gasteiger partial charge on any atom is -0.496 e. The van der Waals surface area contributed by atoms with Crippen LogP contribution in [0.4, 0.5) is 5.69 Å². The lowest BCUT2D eigenvalue weighted by atomic mass is 10.1. The van der Waals surface area contributed by atoms with Crippen molar-refractivity contribution in [2.24, 2.45) is 0 Å². The number of benzene rings is 2. The molecule has 0 aromatic heterocycles. The molecule has 0 unspecified atom stereocenters. The summed E-state index contributed by atoms with van der Waals surface area (Å²) in [6.07, 6.45) is 1.42. The molecule has 1 aliphatic heterocycles. The molecule has 1 N–H and O–H groups in total. The van der Waals surface area contributed by atoms with Crippen molar-refractivity contribution in [2.45, 2.75) is 30.6 Å². The molecular weight excluding hydrogens is 408 g/mol. The first-order valence-corrected chi connectivity index (χ1v) is 11.0. The highest BCUT2D eigenvalue weighted by Crippen LogP contribution is 2.34. The van der Waals surface area contributed by atoms with Gasteiger partial charge >= 0.3 is 0 Å². The number of ether oxygens (including phenoxy) is 2. The Balaban J connectivity index is 1.72. The van der Waals surface area contributed by atoms with Gasteiger partial charge in [-0.25, -0.2) is 18.0 Å². The quantitative estimate of drug-likeness (QED) is 0.482. The summed E-state index contributed by atoms with van der Waals surface area (Å²) in [4.78, 5) is 25.1. The molecule has 2 amide bonds. The van der Waals surface area contributed by atoms with Crippen LogP contribution in [0, 0.1) is 0 Å². The molecule has 0 saturated carbocycles. The molecule has 9 heteroatoms. The maximum atomic E-state index is 12.7. The van der Waals surface area contributed by atoms with E-state index in [4.69, 9.17) is 9.47 Å². The third-order valence-electron chi connectivity index (χ3n) is 4.86. The first-order chi connectivity index (χ1) is 14.4. The summed E-state index contributed by atoms with van der Waals surface area (Å²) in [5.74, 6) is 0.268. The molecular formula is C21H24N2O6S. The van der Waals surface area contributed by atoms with Gasteiger partial charge in [0.2, 0.25) is 21.8 Å². The Morgan fingerprint density at radius 1 is 0.967 bits per heavy atom. The monoisotopic (exact) mass is 432 g/mol. The number of imide groups is 1. The van der Waals surface area contributed by atoms with Gasteiger partial charge in [-0.15, -0.1) is 0 Å². The summed E-state index contributed by atoms with van der Waals surface area (Å²) in [6.45, 7) is 0.226. The van der Waals surface area contributed by atoms with E-state index < -0.39 is 10.0 Å². The van der Waals surface area contributed by atoms with Crippen LogP contribution in [0.3, 0.4) is 0 Å². The molecule has 0 spiro atoms. The van der Waals surface area contributed by atoms with Gasteiger partial charge in [-0.3, -0.25) is 9.59 Å². The first kappa shape index (κ1) is 21.8. The molecule has 8 nitrogen and oxygen atoms in total. The minimum atomic E-state index is -3.83. The van der Waals surface area contributed by atoms with E-state index in [0.717, 1.165) is 16.2 Å². The van der Waals surface area contributed by atoms with E-state index in [9.17, 15) is 18.0 Å². The van der Waals surface area contributed by atoms with Gasteiger partial charge in [0.25, 0.3) is 0 Å². The zero-order valence-electron chi connectivity index (χ0n) is 16.9. The van der Waals surface area contributed by atoms with Crippen molar-refractivity contribution in [3.8, 4) is 11.5 Å². The van der Waals surface area contributed by atoms with Crippen LogP contribution < -0.4 is 19.1 Å². The lowest BCUT2D eigenvalue weighted by Gasteiger charge is -2.18. The molecule has 1 fully saturated rings. The number of amides is 2. The van der Waals surface area contributed by atoms with E-state index in [1.54, 1.807) is 7.11 Å². The number of para-hydroxylation sites is 1. The molecule has 0 atom stereocenters. The average Bonchev–Trinajstić information content (AvgIpc) is 3.08. The number of carbonyl (C=O) groups is 2. The molecule has 0 radical (unpaired) electrons. The van der Waals surface area contributed by atoms with Gasteiger partial charge in [0.1, 0.15) is 11.5 Å². The van der Waals surface area contributed by atoms with Gasteiger partial charge < -0.3 is 9.47 Å². The van der Waals surface area contributed by atoms with Crippen LogP contribution in [0.5, 0.6) is 11.5 Å². The number of aryl methyl sites for hydroxylation is 1. The van der Waals surface area contributed by atoms with Gasteiger partial charge in [0, 0.05) is 19.4 Å². The Morgan fingerprint density at radius 3 is 2.30 bits per heavy atom. The fraction of sp³-hybridized carbons (Fsp3) is 0.333. The Hall–Kier alpha value is -2.91. The maximum Gasteiger partial charge on any atom is 0.240 e. The number of nitrogens with zero attached hydrogens (tertiary/aromatic N) is 1. The Morgan fingerprint density at radius 2 is 1.63 bits per heavy atom. The van der Waals surface area contributed by atoms with Crippen molar-refractivity contribution >= 4 is 27.5 Å². The van der Waals surface area contributed by atoms with E-state index in [0.29, 0.717) is 12.8 Å². The maximum absolute atomic E-state index is 12.7. The normalized spacial score (nSPS) is 14.3. The SMILES string of the molecule is COc1ccccc1CCCNS(=O)(=O)c1ccc(OC)c(N2C(=O)CCC2=O)c1. The van der Waals surface area contributed by atoms with Gasteiger partial charge in [0.05, 0.1) is 24.8 Å². The van der Waals surface area contributed by atoms with E-state index in [-0.39, 0.29) is 47.5 Å². The van der Waals surface area contributed by atoms with E-state index in [1.165, 1.54) is 25.3 Å². The van der Waals surface area contributed by atoms with E-state index >= 15 is 0 Å². The summed E-state index contributed by atoms with van der Waals surface area (Å²) >= 11 is 0. The van der Waals surface area contributed by atoms with Crippen molar-refractivity contribution in [3.05, 3.63) is 48.0 Å². The molecule has 1 heterocycles. The minimum absolute atomic E-state index is 0.0388. The second kappa shape index (κ2) is 9.27. The number of carbonyl (C=O) groups excluding carboxylic acids is 2. The van der Waals surface area contributed by atoms with Crippen molar-refractivity contribution < 1.29 is 27.5 Å². The number of rotatable bonds is 9. The number of sulfonamides is 1. The molecule has 2 aromatic carbocycles. The lowest BCUT2D eigenvalue weighted by molar-refractivity contribution is -0.121. The smallest absolute Gasteiger partial charge is 0.240 e. The van der Waals surface area contributed by atoms with Gasteiger partial charge in [-0.05, 0) is 42.7 Å². The molecule has 160 valence electrons. The third-order valence-corrected chi connectivity index (χ3v) is 6.32. The van der Waals surface area contributed by atoms with Crippen molar-refractivity contribution in [2.75, 3.05) is 25.7 Å². The molecule has 0 bridgehead atoms. The second-order valence-electron chi connectivity index (χ2n) is 6.77. The summed E-state index contributed by atoms with van der Waals surface area (Å²) in [5, 5.41) is 0. The highest BCUT2D eigenvalue weighted by atomic mass is 32.2. The zero-order chi connectivity index (χ0) is 21.7. The molecule has 3 rings (SSSR count). The topological polar surface area (TPSA) is 102 Å². The van der Waals surface area contributed by atoms with Crippen LogP contribution in [0.15, 0.2) is 47.4 Å². The van der Waals surface area contributed by atoms with Crippen molar-refractivity contribution in [3.63, 3.8) is 0 Å². The standard InChI is InChI=1S/C21H24N2O6S/c1-28-18-8-4-3-6-15(18)7-5-13-22-30(26,27)16-9-10-19(29-2)17(14-16)23-20(24)11-12-21(23)25/h3-4,6,8-10,14,22H,5,7,11-13H2,1-2H3. The summed E-state index contributed by atoms with van der Waals surface area (Å²) in [6, 6.07) is 11.7. The Kier molecular flexibility index (Phi) is 6.73. The van der Waals surface area contributed by atoms with Crippen LogP contribution in [-0.2, 0) is 26.0 Å². The molecule has 0 aliphatic carbocycles. The van der Waals surface area contributed by atoms with Gasteiger partial charge in [-0.1, -0.05) is 18.2 Å². The van der Waals surface area contributed by atoms with Crippen LogP contribution in [-0.4, -0.2) is 41.0 Å². The van der Waals surface area contributed by atoms with Crippen molar-refractivity contribution in [1.82, 2.24) is 4.72 Å². The predicted molar refractivity (Wildman–Crippen MR) is 111 cm³/mol. The lowest BCUT2D eigenvalue weighted by Crippen LogP contribution is -2.30. The molecule has 1 aliphatic rings. The summed E-state index contributed by atoms with van der Waals surface area (Å²) < 4.78 is 38.5. The second-order valence-corrected chi connectivity index (χ2v) is 8.54. The zero-order valence-corrected chi connectivity index (χ0v) is 17.7. The largest absolute Gasteiger partial charge is 0.496 e. The summed E-state index contributed by atoms with van der Waals surface area (Å²) in [7, 11) is -0.836. The highest BCUT2D eigenvalue weighted by molar-refractivity contribution is 7.89. The highest BCUT2D eigenvalue weighted by Gasteiger charge is 2.33. The molecule has 2 aromatic rings. The van der Waals surface area contributed by atoms with Crippen molar-refractivity contribution in [1.29, 1.82) is 0 Å². The van der Waals surface area contributed by atoms with Crippen LogP contribution in [0.25, 0.3) is 0 Å². The Labute approximate surface area is 175 Å². The van der Waals surface area contributed by atoms with Gasteiger partial charge in [0.15, 0.2) is 0 Å². The average molecular weight is 432 g/mol. The third kappa shape index (κ3) is 4.63. The fourth-order valence-corrected chi connectivity index (χ4v) is 4.43. The number of nitrogens with one attached hydrogen (secondary N) is 1. The number of anilines is 1. The molecule has 30 heavy (non-hydrogen) atoms. The van der Waals surface area contributed by atoms with Crippen LogP contribution >= 0.6 is 0 Å². The first-order valence-electron chi connectivity index (χ1n) is 9.52. The molecule has 1 saturated heterocycles. The van der Waals surface area contributed by atoms with E-state index in [2.05, 4.69) is 4.72 Å². The predicted octanol–water partition coefficient (Wildman–Crippen LogP) is 2.27. The summed E-state index contributed by atoms with van der Waals surface area (Å²) in [5.41, 5.74) is 1.14. The number of hydrogen-bond donors (Lipinski definition) is 1. The Bertz CT molecular complexity index is 1040. The van der Waals surface area contributed by atoms with E-state index in [1.807, 2.05) is 24.3 Å².